The molecule has 0 spiro atoms. The van der Waals surface area contributed by atoms with E-state index in [-0.39, 0.29) is 12.4 Å². The molecule has 0 saturated heterocycles. The minimum absolute atomic E-state index is 0.0252. The molecule has 0 bridgehead atoms. The first-order valence-corrected chi connectivity index (χ1v) is 6.46. The lowest BCUT2D eigenvalue weighted by molar-refractivity contribution is 0.282. The fourth-order valence-corrected chi connectivity index (χ4v) is 2.07. The molecule has 2 N–H and O–H groups in total. The van der Waals surface area contributed by atoms with Gasteiger partial charge in [-0.05, 0) is 36.8 Å². The summed E-state index contributed by atoms with van der Waals surface area (Å²) in [5.41, 5.74) is 2.82. The van der Waals surface area contributed by atoms with Gasteiger partial charge in [0.25, 0.3) is 0 Å². The smallest absolute Gasteiger partial charge is 0.182 e. The molecule has 2 aromatic heterocycles. The molecule has 21 heavy (non-hydrogen) atoms. The number of nitrogens with zero attached hydrogens (tertiary/aromatic N) is 4. The molecule has 0 radical (unpaired) electrons. The number of azo groups is 1. The molecule has 3 aromatic rings. The molecule has 0 aliphatic rings. The van der Waals surface area contributed by atoms with Gasteiger partial charge in [0.2, 0.25) is 0 Å². The van der Waals surface area contributed by atoms with Crippen LogP contribution in [0.3, 0.4) is 0 Å². The van der Waals surface area contributed by atoms with Crippen LogP contribution in [-0.4, -0.2) is 19.6 Å². The van der Waals surface area contributed by atoms with Crippen molar-refractivity contribution in [3.8, 4) is 5.75 Å². The standard InChI is InChI=1S/C15H14N4O2/c1-10-15(18-17-12-3-2-4-13(21)8-12)19-6-5-11(9-20)7-14(19)16-10/h2-8,20-21H,9H2,1H3. The average Bonchev–Trinajstić information content (AvgIpc) is 2.79. The molecule has 106 valence electrons. The topological polar surface area (TPSA) is 82.5 Å². The summed E-state index contributed by atoms with van der Waals surface area (Å²) in [6.45, 7) is 1.82. The lowest BCUT2D eigenvalue weighted by Crippen LogP contribution is -1.88. The second-order valence-corrected chi connectivity index (χ2v) is 4.66. The van der Waals surface area contributed by atoms with Gasteiger partial charge in [-0.2, -0.15) is 0 Å². The zero-order valence-corrected chi connectivity index (χ0v) is 11.4. The van der Waals surface area contributed by atoms with Crippen molar-refractivity contribution in [2.75, 3.05) is 0 Å². The summed E-state index contributed by atoms with van der Waals surface area (Å²) in [6, 6.07) is 10.2. The number of rotatable bonds is 3. The van der Waals surface area contributed by atoms with Gasteiger partial charge in [-0.25, -0.2) is 4.98 Å². The van der Waals surface area contributed by atoms with E-state index in [2.05, 4.69) is 15.2 Å². The van der Waals surface area contributed by atoms with Gasteiger partial charge in [-0.1, -0.05) is 6.07 Å². The third-order valence-electron chi connectivity index (χ3n) is 3.11. The Morgan fingerprint density at radius 1 is 1.19 bits per heavy atom. The van der Waals surface area contributed by atoms with E-state index in [1.54, 1.807) is 34.9 Å². The normalized spacial score (nSPS) is 11.5. The van der Waals surface area contributed by atoms with Gasteiger partial charge in [0.05, 0.1) is 18.0 Å². The molecular formula is C15H14N4O2. The van der Waals surface area contributed by atoms with Gasteiger partial charge in [0.15, 0.2) is 5.82 Å². The number of aryl methyl sites for hydroxylation is 1. The van der Waals surface area contributed by atoms with Crippen molar-refractivity contribution in [2.45, 2.75) is 13.5 Å². The Morgan fingerprint density at radius 3 is 2.81 bits per heavy atom. The third-order valence-corrected chi connectivity index (χ3v) is 3.11. The number of phenols is 1. The quantitative estimate of drug-likeness (QED) is 0.723. The number of pyridine rings is 1. The molecule has 6 nitrogen and oxygen atoms in total. The molecule has 0 aliphatic carbocycles. The molecule has 6 heteroatoms. The van der Waals surface area contributed by atoms with Gasteiger partial charge in [-0.3, -0.25) is 4.40 Å². The summed E-state index contributed by atoms with van der Waals surface area (Å²) >= 11 is 0. The van der Waals surface area contributed by atoms with Gasteiger partial charge >= 0.3 is 0 Å². The van der Waals surface area contributed by atoms with Crippen molar-refractivity contribution in [3.05, 3.63) is 53.9 Å². The maximum Gasteiger partial charge on any atom is 0.182 e. The van der Waals surface area contributed by atoms with E-state index < -0.39 is 0 Å². The van der Waals surface area contributed by atoms with E-state index in [0.29, 0.717) is 17.2 Å². The predicted octanol–water partition coefficient (Wildman–Crippen LogP) is 3.26. The molecule has 3 rings (SSSR count). The fraction of sp³-hybridized carbons (Fsp3) is 0.133. The highest BCUT2D eigenvalue weighted by molar-refractivity contribution is 5.53. The predicted molar refractivity (Wildman–Crippen MR) is 78.1 cm³/mol. The van der Waals surface area contributed by atoms with Crippen LogP contribution in [0.1, 0.15) is 11.3 Å². The molecule has 0 amide bonds. The molecule has 0 saturated carbocycles. The molecule has 0 aliphatic heterocycles. The van der Waals surface area contributed by atoms with Crippen LogP contribution in [0.25, 0.3) is 5.65 Å². The number of aromatic hydroxyl groups is 1. The molecular weight excluding hydrogens is 268 g/mol. The van der Waals surface area contributed by atoms with E-state index in [0.717, 1.165) is 11.3 Å². The van der Waals surface area contributed by atoms with Crippen LogP contribution in [0.4, 0.5) is 11.5 Å². The molecule has 0 unspecified atom stereocenters. The highest BCUT2D eigenvalue weighted by Gasteiger charge is 2.08. The lowest BCUT2D eigenvalue weighted by Gasteiger charge is -1.99. The summed E-state index contributed by atoms with van der Waals surface area (Å²) in [7, 11) is 0. The van der Waals surface area contributed by atoms with Gasteiger partial charge in [-0.15, -0.1) is 10.2 Å². The number of benzene rings is 1. The van der Waals surface area contributed by atoms with Crippen LogP contribution in [0.15, 0.2) is 52.8 Å². The van der Waals surface area contributed by atoms with E-state index in [1.165, 1.54) is 6.07 Å². The second-order valence-electron chi connectivity index (χ2n) is 4.66. The number of fused-ring (bicyclic) bond motifs is 1. The minimum atomic E-state index is -0.0252. The van der Waals surface area contributed by atoms with Crippen molar-refractivity contribution in [3.63, 3.8) is 0 Å². The Kier molecular flexibility index (Phi) is 3.37. The highest BCUT2D eigenvalue weighted by atomic mass is 16.3. The van der Waals surface area contributed by atoms with Crippen molar-refractivity contribution in [1.29, 1.82) is 0 Å². The first-order valence-electron chi connectivity index (χ1n) is 6.46. The molecule has 0 fully saturated rings. The number of hydrogen-bond donors (Lipinski definition) is 2. The van der Waals surface area contributed by atoms with Crippen molar-refractivity contribution < 1.29 is 10.2 Å². The Morgan fingerprint density at radius 2 is 2.05 bits per heavy atom. The van der Waals surface area contributed by atoms with Crippen LogP contribution in [0.5, 0.6) is 5.75 Å². The monoisotopic (exact) mass is 282 g/mol. The summed E-state index contributed by atoms with van der Waals surface area (Å²) < 4.78 is 1.81. The van der Waals surface area contributed by atoms with Crippen LogP contribution in [-0.2, 0) is 6.61 Å². The molecule has 2 heterocycles. The first kappa shape index (κ1) is 13.3. The number of hydrogen-bond acceptors (Lipinski definition) is 5. The van der Waals surface area contributed by atoms with Gasteiger partial charge in [0, 0.05) is 12.3 Å². The van der Waals surface area contributed by atoms with Crippen LogP contribution in [0, 0.1) is 6.92 Å². The van der Waals surface area contributed by atoms with Crippen molar-refractivity contribution in [2.24, 2.45) is 10.2 Å². The fourth-order valence-electron chi connectivity index (χ4n) is 2.07. The van der Waals surface area contributed by atoms with Crippen LogP contribution < -0.4 is 0 Å². The van der Waals surface area contributed by atoms with Gasteiger partial charge < -0.3 is 10.2 Å². The maximum absolute atomic E-state index is 9.41. The number of aromatic nitrogens is 2. The average molecular weight is 282 g/mol. The Hall–Kier alpha value is -2.73. The molecule has 1 aromatic carbocycles. The number of aliphatic hydroxyl groups excluding tert-OH is 1. The van der Waals surface area contributed by atoms with Crippen LogP contribution >= 0.6 is 0 Å². The van der Waals surface area contributed by atoms with E-state index >= 15 is 0 Å². The lowest BCUT2D eigenvalue weighted by atomic mass is 10.3. The maximum atomic E-state index is 9.41. The Labute approximate surface area is 121 Å². The van der Waals surface area contributed by atoms with E-state index in [1.807, 2.05) is 13.0 Å². The van der Waals surface area contributed by atoms with Crippen LogP contribution in [0.2, 0.25) is 0 Å². The number of phenolic OH excluding ortho intramolecular Hbond substituents is 1. The van der Waals surface area contributed by atoms with Crippen molar-refractivity contribution >= 4 is 17.2 Å². The zero-order valence-electron chi connectivity index (χ0n) is 11.4. The molecule has 0 atom stereocenters. The summed E-state index contributed by atoms with van der Waals surface area (Å²) in [4.78, 5) is 4.40. The number of imidazole rings is 1. The summed E-state index contributed by atoms with van der Waals surface area (Å²) in [6.07, 6.45) is 1.80. The Bertz CT molecular complexity index is 824. The SMILES string of the molecule is Cc1nc2cc(CO)ccn2c1N=Nc1cccc(O)c1. The third kappa shape index (κ3) is 2.61. The summed E-state index contributed by atoms with van der Waals surface area (Å²) in [5.74, 6) is 0.770. The zero-order chi connectivity index (χ0) is 14.8. The van der Waals surface area contributed by atoms with E-state index in [4.69, 9.17) is 5.11 Å². The Balaban J connectivity index is 2.02. The van der Waals surface area contributed by atoms with E-state index in [9.17, 15) is 5.11 Å². The summed E-state index contributed by atoms with van der Waals surface area (Å²) in [5, 5.41) is 26.9. The second kappa shape index (κ2) is 5.34. The number of aliphatic hydroxyl groups is 1. The minimum Gasteiger partial charge on any atom is -0.508 e. The largest absolute Gasteiger partial charge is 0.508 e. The first-order chi connectivity index (χ1) is 10.2. The highest BCUT2D eigenvalue weighted by Crippen LogP contribution is 2.25. The van der Waals surface area contributed by atoms with Gasteiger partial charge in [0.1, 0.15) is 11.4 Å². The van der Waals surface area contributed by atoms with Crippen molar-refractivity contribution in [1.82, 2.24) is 9.38 Å².